The van der Waals surface area contributed by atoms with E-state index in [1.165, 1.54) is 0 Å². The van der Waals surface area contributed by atoms with Gasteiger partial charge in [-0.15, -0.1) is 10.2 Å². The topological polar surface area (TPSA) is 96.2 Å². The molecule has 0 saturated heterocycles. The van der Waals surface area contributed by atoms with E-state index in [4.69, 9.17) is 0 Å². The van der Waals surface area contributed by atoms with Gasteiger partial charge in [-0.05, 0) is 6.92 Å². The van der Waals surface area contributed by atoms with Crippen molar-refractivity contribution in [1.82, 2.24) is 30.7 Å². The molecule has 0 aromatic carbocycles. The summed E-state index contributed by atoms with van der Waals surface area (Å²) in [6.45, 7) is 13.1. The molecule has 0 spiro atoms. The van der Waals surface area contributed by atoms with Crippen LogP contribution in [0.5, 0.6) is 0 Å². The van der Waals surface area contributed by atoms with Crippen molar-refractivity contribution in [2.24, 2.45) is 10.4 Å². The van der Waals surface area contributed by atoms with E-state index in [0.29, 0.717) is 13.1 Å². The second-order valence-corrected chi connectivity index (χ2v) is 6.49. The molecule has 24 heavy (non-hydrogen) atoms. The maximum Gasteiger partial charge on any atom is 0.225 e. The highest BCUT2D eigenvalue weighted by Gasteiger charge is 2.20. The van der Waals surface area contributed by atoms with Gasteiger partial charge in [-0.1, -0.05) is 27.7 Å². The summed E-state index contributed by atoms with van der Waals surface area (Å²) >= 11 is 0. The molecule has 0 aliphatic heterocycles. The maximum atomic E-state index is 11.8. The van der Waals surface area contributed by atoms with Crippen LogP contribution in [0.25, 0.3) is 0 Å². The van der Waals surface area contributed by atoms with Crippen LogP contribution in [0.4, 0.5) is 0 Å². The zero-order chi connectivity index (χ0) is 18.0. The standard InChI is InChI=1S/C16H31N7O/c1-6-13-22-21-12-23(13)11-10-20-15(17-7-2)19-9-8-18-14(24)16(3,4)5/h12H,6-11H2,1-5H3,(H,18,24)(H2,17,19,20). The van der Waals surface area contributed by atoms with E-state index in [-0.39, 0.29) is 11.3 Å². The third-order valence-corrected chi connectivity index (χ3v) is 3.35. The van der Waals surface area contributed by atoms with E-state index in [0.717, 1.165) is 37.8 Å². The number of carbonyl (C=O) groups excluding carboxylic acids is 1. The molecular formula is C16H31N7O. The number of nitrogens with one attached hydrogen (secondary N) is 3. The smallest absolute Gasteiger partial charge is 0.225 e. The summed E-state index contributed by atoms with van der Waals surface area (Å²) in [6, 6.07) is 0. The average molecular weight is 337 g/mol. The number of rotatable bonds is 8. The van der Waals surface area contributed by atoms with Gasteiger partial charge >= 0.3 is 0 Å². The molecule has 0 fully saturated rings. The summed E-state index contributed by atoms with van der Waals surface area (Å²) in [7, 11) is 0. The summed E-state index contributed by atoms with van der Waals surface area (Å²) in [6.07, 6.45) is 2.61. The van der Waals surface area contributed by atoms with Crippen molar-refractivity contribution in [1.29, 1.82) is 0 Å². The molecule has 136 valence electrons. The second kappa shape index (κ2) is 9.89. The molecule has 3 N–H and O–H groups in total. The van der Waals surface area contributed by atoms with E-state index in [1.807, 2.05) is 32.3 Å². The Balaban J connectivity index is 2.38. The van der Waals surface area contributed by atoms with Gasteiger partial charge in [0.15, 0.2) is 5.96 Å². The molecular weight excluding hydrogens is 306 g/mol. The molecule has 0 bridgehead atoms. The molecule has 0 unspecified atom stereocenters. The van der Waals surface area contributed by atoms with Gasteiger partial charge in [-0.2, -0.15) is 0 Å². The molecule has 0 saturated carbocycles. The van der Waals surface area contributed by atoms with Crippen molar-refractivity contribution in [2.75, 3.05) is 26.2 Å². The van der Waals surface area contributed by atoms with Crippen LogP contribution in [0, 0.1) is 5.41 Å². The predicted octanol–water partition coefficient (Wildman–Crippen LogP) is 0.558. The predicted molar refractivity (Wildman–Crippen MR) is 95.8 cm³/mol. The first kappa shape index (κ1) is 19.9. The Bertz CT molecular complexity index is 531. The highest BCUT2D eigenvalue weighted by molar-refractivity contribution is 5.81. The molecule has 0 aliphatic carbocycles. The quantitative estimate of drug-likeness (QED) is 0.366. The molecule has 0 radical (unpaired) electrons. The molecule has 8 heteroatoms. The number of aryl methyl sites for hydroxylation is 1. The van der Waals surface area contributed by atoms with Crippen LogP contribution in [0.1, 0.15) is 40.4 Å². The Kier molecular flexibility index (Phi) is 8.21. The minimum atomic E-state index is -0.373. The van der Waals surface area contributed by atoms with Gasteiger partial charge in [-0.25, -0.2) is 0 Å². The lowest BCUT2D eigenvalue weighted by Gasteiger charge is -2.17. The minimum Gasteiger partial charge on any atom is -0.357 e. The van der Waals surface area contributed by atoms with E-state index in [1.54, 1.807) is 6.33 Å². The number of aromatic nitrogens is 3. The van der Waals surface area contributed by atoms with Crippen LogP contribution in [0.3, 0.4) is 0 Å². The SMILES string of the molecule is CCNC(=NCCNC(=O)C(C)(C)C)NCCn1cnnc1CC. The number of nitrogens with zero attached hydrogens (tertiary/aromatic N) is 4. The molecule has 8 nitrogen and oxygen atoms in total. The largest absolute Gasteiger partial charge is 0.357 e. The monoisotopic (exact) mass is 337 g/mol. The molecule has 1 amide bonds. The normalized spacial score (nSPS) is 12.1. The molecule has 1 heterocycles. The average Bonchev–Trinajstić information content (AvgIpc) is 2.97. The number of carbonyl (C=O) groups is 1. The van der Waals surface area contributed by atoms with Crippen LogP contribution >= 0.6 is 0 Å². The van der Waals surface area contributed by atoms with Gasteiger partial charge in [0.05, 0.1) is 6.54 Å². The van der Waals surface area contributed by atoms with Crippen molar-refractivity contribution in [3.8, 4) is 0 Å². The highest BCUT2D eigenvalue weighted by atomic mass is 16.2. The van der Waals surface area contributed by atoms with E-state index >= 15 is 0 Å². The summed E-state index contributed by atoms with van der Waals surface area (Å²) in [5.74, 6) is 1.76. The summed E-state index contributed by atoms with van der Waals surface area (Å²) < 4.78 is 2.03. The van der Waals surface area contributed by atoms with Crippen LogP contribution < -0.4 is 16.0 Å². The maximum absolute atomic E-state index is 11.8. The number of hydrogen-bond acceptors (Lipinski definition) is 4. The Labute approximate surface area is 144 Å². The van der Waals surface area contributed by atoms with E-state index < -0.39 is 0 Å². The zero-order valence-corrected chi connectivity index (χ0v) is 15.5. The zero-order valence-electron chi connectivity index (χ0n) is 15.5. The summed E-state index contributed by atoms with van der Waals surface area (Å²) in [4.78, 5) is 16.3. The fourth-order valence-corrected chi connectivity index (χ4v) is 1.98. The first-order valence-electron chi connectivity index (χ1n) is 8.55. The Morgan fingerprint density at radius 1 is 1.21 bits per heavy atom. The second-order valence-electron chi connectivity index (χ2n) is 6.49. The third-order valence-electron chi connectivity index (χ3n) is 3.35. The fraction of sp³-hybridized carbons (Fsp3) is 0.750. The fourth-order valence-electron chi connectivity index (χ4n) is 1.98. The Morgan fingerprint density at radius 2 is 1.96 bits per heavy atom. The van der Waals surface area contributed by atoms with Crippen molar-refractivity contribution < 1.29 is 4.79 Å². The lowest BCUT2D eigenvalue weighted by Crippen LogP contribution is -2.40. The summed E-state index contributed by atoms with van der Waals surface area (Å²) in [5, 5.41) is 17.4. The van der Waals surface area contributed by atoms with Crippen LogP contribution in [-0.4, -0.2) is 52.8 Å². The third kappa shape index (κ3) is 6.97. The lowest BCUT2D eigenvalue weighted by atomic mass is 9.96. The van der Waals surface area contributed by atoms with Crippen molar-refractivity contribution >= 4 is 11.9 Å². The van der Waals surface area contributed by atoms with Gasteiger partial charge < -0.3 is 20.5 Å². The van der Waals surface area contributed by atoms with Crippen LogP contribution in [-0.2, 0) is 17.8 Å². The minimum absolute atomic E-state index is 0.0374. The van der Waals surface area contributed by atoms with Crippen molar-refractivity contribution in [3.63, 3.8) is 0 Å². The number of aliphatic imine (C=N–C) groups is 1. The van der Waals surface area contributed by atoms with Gasteiger partial charge in [0, 0.05) is 38.0 Å². The summed E-state index contributed by atoms with van der Waals surface area (Å²) in [5.41, 5.74) is -0.373. The molecule has 1 aromatic rings. The van der Waals surface area contributed by atoms with Gasteiger partial charge in [0.2, 0.25) is 5.91 Å². The van der Waals surface area contributed by atoms with Crippen molar-refractivity contribution in [3.05, 3.63) is 12.2 Å². The van der Waals surface area contributed by atoms with Gasteiger partial charge in [-0.3, -0.25) is 9.79 Å². The van der Waals surface area contributed by atoms with Crippen LogP contribution in [0.15, 0.2) is 11.3 Å². The van der Waals surface area contributed by atoms with Crippen molar-refractivity contribution in [2.45, 2.75) is 47.6 Å². The van der Waals surface area contributed by atoms with Crippen LogP contribution in [0.2, 0.25) is 0 Å². The molecule has 1 rings (SSSR count). The number of guanidine groups is 1. The molecule has 0 aliphatic rings. The lowest BCUT2D eigenvalue weighted by molar-refractivity contribution is -0.128. The first-order chi connectivity index (χ1) is 11.4. The molecule has 1 aromatic heterocycles. The Morgan fingerprint density at radius 3 is 2.58 bits per heavy atom. The first-order valence-corrected chi connectivity index (χ1v) is 8.55. The van der Waals surface area contributed by atoms with Gasteiger partial charge in [0.25, 0.3) is 0 Å². The van der Waals surface area contributed by atoms with Gasteiger partial charge in [0.1, 0.15) is 12.2 Å². The van der Waals surface area contributed by atoms with E-state index in [2.05, 4.69) is 38.1 Å². The number of hydrogen-bond donors (Lipinski definition) is 3. The highest BCUT2D eigenvalue weighted by Crippen LogP contribution is 2.11. The van der Waals surface area contributed by atoms with E-state index in [9.17, 15) is 4.79 Å². The molecule has 0 atom stereocenters. The number of amides is 1. The Hall–Kier alpha value is -2.12.